The maximum Gasteiger partial charge on any atom is 0.317 e. The van der Waals surface area contributed by atoms with Crippen molar-refractivity contribution in [2.45, 2.75) is 51.0 Å². The molecule has 2 aliphatic heterocycles. The largest absolute Gasteiger partial charge is 0.356 e. The average Bonchev–Trinajstić information content (AvgIpc) is 3.08. The third-order valence-corrected chi connectivity index (χ3v) is 5.59. The number of likely N-dealkylation sites (tertiary alicyclic amines) is 1. The van der Waals surface area contributed by atoms with E-state index >= 15 is 0 Å². The Hall–Kier alpha value is -2.04. The second-order valence-electron chi connectivity index (χ2n) is 7.36. The average molecular weight is 343 g/mol. The van der Waals surface area contributed by atoms with Crippen molar-refractivity contribution < 1.29 is 9.59 Å². The minimum atomic E-state index is 0.0318. The molecule has 2 aliphatic rings. The Morgan fingerprint density at radius 2 is 2.12 bits per heavy atom. The van der Waals surface area contributed by atoms with Gasteiger partial charge in [-0.2, -0.15) is 0 Å². The van der Waals surface area contributed by atoms with E-state index in [0.717, 1.165) is 32.2 Å². The standard InChI is InChI=1S/C20H29N3O2/c1-15(16-7-3-2-4-8-16)10-11-21-20(25)23-12-6-5-9-18(23)17-13-19(24)22-14-17/h2-4,7-8,15,17-18H,5-6,9-14H2,1H3,(H,21,25)(H,22,24)/t15-,17+,18-/m1/s1. The first kappa shape index (κ1) is 17.8. The second kappa shape index (κ2) is 8.37. The highest BCUT2D eigenvalue weighted by molar-refractivity contribution is 5.79. The highest BCUT2D eigenvalue weighted by Gasteiger charge is 2.36. The minimum Gasteiger partial charge on any atom is -0.356 e. The summed E-state index contributed by atoms with van der Waals surface area (Å²) in [7, 11) is 0. The maximum absolute atomic E-state index is 12.7. The van der Waals surface area contributed by atoms with Gasteiger partial charge in [0.1, 0.15) is 0 Å². The van der Waals surface area contributed by atoms with E-state index in [1.165, 1.54) is 5.56 Å². The first-order valence-electron chi connectivity index (χ1n) is 9.51. The summed E-state index contributed by atoms with van der Waals surface area (Å²) in [6, 6.07) is 10.6. The molecule has 0 bridgehead atoms. The number of nitrogens with one attached hydrogen (secondary N) is 2. The molecule has 1 aromatic carbocycles. The summed E-state index contributed by atoms with van der Waals surface area (Å²) >= 11 is 0. The van der Waals surface area contributed by atoms with Crippen LogP contribution in [0.3, 0.4) is 0 Å². The van der Waals surface area contributed by atoms with Crippen LogP contribution in [-0.4, -0.2) is 42.5 Å². The molecule has 0 saturated carbocycles. The fraction of sp³-hybridized carbons (Fsp3) is 0.600. The first-order chi connectivity index (χ1) is 12.1. The second-order valence-corrected chi connectivity index (χ2v) is 7.36. The molecule has 3 atom stereocenters. The normalized spacial score (nSPS) is 24.7. The number of hydrogen-bond donors (Lipinski definition) is 2. The number of nitrogens with zero attached hydrogens (tertiary/aromatic N) is 1. The lowest BCUT2D eigenvalue weighted by molar-refractivity contribution is -0.119. The number of benzene rings is 1. The Bertz CT molecular complexity index is 590. The van der Waals surface area contributed by atoms with Crippen LogP contribution in [0.1, 0.15) is 50.5 Å². The first-order valence-corrected chi connectivity index (χ1v) is 9.51. The summed E-state index contributed by atoms with van der Waals surface area (Å²) in [5, 5.41) is 6.00. The number of hydrogen-bond acceptors (Lipinski definition) is 2. The van der Waals surface area contributed by atoms with Crippen LogP contribution in [0.25, 0.3) is 0 Å². The van der Waals surface area contributed by atoms with Gasteiger partial charge in [-0.3, -0.25) is 4.79 Å². The van der Waals surface area contributed by atoms with Gasteiger partial charge in [0.25, 0.3) is 0 Å². The van der Waals surface area contributed by atoms with Crippen LogP contribution in [0.5, 0.6) is 0 Å². The lowest BCUT2D eigenvalue weighted by Gasteiger charge is -2.38. The molecule has 0 unspecified atom stereocenters. The summed E-state index contributed by atoms with van der Waals surface area (Å²) in [6.07, 6.45) is 4.69. The van der Waals surface area contributed by atoms with E-state index in [9.17, 15) is 9.59 Å². The van der Waals surface area contributed by atoms with E-state index in [-0.39, 0.29) is 23.9 Å². The topological polar surface area (TPSA) is 61.4 Å². The highest BCUT2D eigenvalue weighted by atomic mass is 16.2. The van der Waals surface area contributed by atoms with Crippen molar-refractivity contribution in [3.8, 4) is 0 Å². The van der Waals surface area contributed by atoms with Crippen LogP contribution in [0.4, 0.5) is 4.79 Å². The molecule has 0 aromatic heterocycles. The smallest absolute Gasteiger partial charge is 0.317 e. The number of piperidine rings is 1. The van der Waals surface area contributed by atoms with Crippen molar-refractivity contribution >= 4 is 11.9 Å². The molecule has 2 saturated heterocycles. The molecule has 2 heterocycles. The molecule has 0 radical (unpaired) electrons. The quantitative estimate of drug-likeness (QED) is 0.863. The maximum atomic E-state index is 12.7. The lowest BCUT2D eigenvalue weighted by atomic mass is 9.90. The van der Waals surface area contributed by atoms with E-state index in [1.807, 2.05) is 11.0 Å². The van der Waals surface area contributed by atoms with Gasteiger partial charge in [0.2, 0.25) is 5.91 Å². The van der Waals surface area contributed by atoms with Crippen LogP contribution in [0.2, 0.25) is 0 Å². The zero-order chi connectivity index (χ0) is 17.6. The molecule has 2 N–H and O–H groups in total. The van der Waals surface area contributed by atoms with Gasteiger partial charge >= 0.3 is 6.03 Å². The predicted molar refractivity (Wildman–Crippen MR) is 98.3 cm³/mol. The number of amides is 3. The monoisotopic (exact) mass is 343 g/mol. The number of carbonyl (C=O) groups excluding carboxylic acids is 2. The third kappa shape index (κ3) is 4.53. The van der Waals surface area contributed by atoms with Gasteiger partial charge in [-0.15, -0.1) is 0 Å². The van der Waals surface area contributed by atoms with E-state index in [2.05, 4.69) is 41.8 Å². The van der Waals surface area contributed by atoms with Crippen LogP contribution < -0.4 is 10.6 Å². The Morgan fingerprint density at radius 3 is 2.84 bits per heavy atom. The van der Waals surface area contributed by atoms with Crippen molar-refractivity contribution in [2.75, 3.05) is 19.6 Å². The lowest BCUT2D eigenvalue weighted by Crippen LogP contribution is -2.52. The van der Waals surface area contributed by atoms with Gasteiger partial charge < -0.3 is 15.5 Å². The number of rotatable bonds is 5. The van der Waals surface area contributed by atoms with Gasteiger partial charge in [0.05, 0.1) is 0 Å². The molecule has 136 valence electrons. The number of carbonyl (C=O) groups is 2. The van der Waals surface area contributed by atoms with Crippen molar-refractivity contribution in [1.82, 2.24) is 15.5 Å². The van der Waals surface area contributed by atoms with Gasteiger partial charge in [-0.05, 0) is 37.2 Å². The van der Waals surface area contributed by atoms with Gasteiger partial charge in [-0.25, -0.2) is 4.79 Å². The highest BCUT2D eigenvalue weighted by Crippen LogP contribution is 2.27. The Labute approximate surface area is 150 Å². The van der Waals surface area contributed by atoms with Crippen molar-refractivity contribution in [3.05, 3.63) is 35.9 Å². The van der Waals surface area contributed by atoms with Crippen molar-refractivity contribution in [2.24, 2.45) is 5.92 Å². The van der Waals surface area contributed by atoms with Crippen LogP contribution in [0, 0.1) is 5.92 Å². The zero-order valence-corrected chi connectivity index (χ0v) is 15.0. The molecule has 3 rings (SSSR count). The number of urea groups is 1. The predicted octanol–water partition coefficient (Wildman–Crippen LogP) is 2.88. The van der Waals surface area contributed by atoms with Crippen LogP contribution in [-0.2, 0) is 4.79 Å². The molecule has 1 aromatic rings. The molecular formula is C20H29N3O2. The van der Waals surface area contributed by atoms with E-state index in [4.69, 9.17) is 0 Å². The molecule has 3 amide bonds. The summed E-state index contributed by atoms with van der Waals surface area (Å²) in [4.78, 5) is 26.2. The van der Waals surface area contributed by atoms with Crippen LogP contribution in [0.15, 0.2) is 30.3 Å². The Morgan fingerprint density at radius 1 is 1.32 bits per heavy atom. The molecule has 5 heteroatoms. The van der Waals surface area contributed by atoms with Gasteiger partial charge in [0, 0.05) is 38.0 Å². The molecule has 0 aliphatic carbocycles. The van der Waals surface area contributed by atoms with Crippen molar-refractivity contribution in [3.63, 3.8) is 0 Å². The molecule has 5 nitrogen and oxygen atoms in total. The van der Waals surface area contributed by atoms with Crippen molar-refractivity contribution in [1.29, 1.82) is 0 Å². The molecule has 25 heavy (non-hydrogen) atoms. The third-order valence-electron chi connectivity index (χ3n) is 5.59. The van der Waals surface area contributed by atoms with Gasteiger partial charge in [0.15, 0.2) is 0 Å². The molecular weight excluding hydrogens is 314 g/mol. The van der Waals surface area contributed by atoms with Gasteiger partial charge in [-0.1, -0.05) is 37.3 Å². The Kier molecular flexibility index (Phi) is 5.95. The molecule has 2 fully saturated rings. The summed E-state index contributed by atoms with van der Waals surface area (Å²) in [5.74, 6) is 0.810. The Balaban J connectivity index is 1.50. The van der Waals surface area contributed by atoms with Crippen LogP contribution >= 0.6 is 0 Å². The summed E-state index contributed by atoms with van der Waals surface area (Å²) in [6.45, 7) is 4.38. The SMILES string of the molecule is C[C@H](CCNC(=O)N1CCCC[C@@H]1[C@@H]1CNC(=O)C1)c1ccccc1. The van der Waals surface area contributed by atoms with E-state index < -0.39 is 0 Å². The fourth-order valence-electron chi connectivity index (χ4n) is 4.04. The zero-order valence-electron chi connectivity index (χ0n) is 15.0. The minimum absolute atomic E-state index is 0.0318. The van der Waals surface area contributed by atoms with E-state index in [0.29, 0.717) is 25.4 Å². The summed E-state index contributed by atoms with van der Waals surface area (Å²) in [5.41, 5.74) is 1.31. The van der Waals surface area contributed by atoms with E-state index in [1.54, 1.807) is 0 Å². The summed E-state index contributed by atoms with van der Waals surface area (Å²) < 4.78 is 0. The molecule has 0 spiro atoms. The fourth-order valence-corrected chi connectivity index (χ4v) is 4.04.